The van der Waals surface area contributed by atoms with Gasteiger partial charge in [-0.1, -0.05) is 132 Å². The van der Waals surface area contributed by atoms with Crippen molar-refractivity contribution in [3.8, 4) is 22.3 Å². The van der Waals surface area contributed by atoms with Gasteiger partial charge < -0.3 is 0 Å². The Morgan fingerprint density at radius 3 is 1.24 bits per heavy atom. The summed E-state index contributed by atoms with van der Waals surface area (Å²) in [5.41, 5.74) is 17.3. The molecule has 0 spiro atoms. The lowest BCUT2D eigenvalue weighted by Gasteiger charge is -2.15. The van der Waals surface area contributed by atoms with Gasteiger partial charge in [0.15, 0.2) is 0 Å². The summed E-state index contributed by atoms with van der Waals surface area (Å²) in [5.74, 6) is 0. The average molecular weight is 525 g/mol. The highest BCUT2D eigenvalue weighted by atomic mass is 14.3. The molecule has 0 heteroatoms. The maximum Gasteiger partial charge on any atom is -0.00146 e. The zero-order valence-electron chi connectivity index (χ0n) is 23.7. The average Bonchev–Trinajstić information content (AvgIpc) is 3.51. The zero-order chi connectivity index (χ0) is 27.5. The van der Waals surface area contributed by atoms with Crippen LogP contribution in [-0.4, -0.2) is 0 Å². The first kappa shape index (κ1) is 24.1. The maximum absolute atomic E-state index is 2.36. The van der Waals surface area contributed by atoms with Crippen LogP contribution in [0.4, 0.5) is 0 Å². The highest BCUT2D eigenvalue weighted by Gasteiger charge is 2.28. The van der Waals surface area contributed by atoms with E-state index in [-0.39, 0.29) is 0 Å². The Bertz CT molecular complexity index is 1920. The zero-order valence-corrected chi connectivity index (χ0v) is 23.7. The Morgan fingerprint density at radius 2 is 0.756 bits per heavy atom. The molecule has 6 aromatic carbocycles. The molecule has 0 aromatic heterocycles. The minimum Gasteiger partial charge on any atom is -0.0647 e. The Kier molecular flexibility index (Phi) is 5.57. The lowest BCUT2D eigenvalue weighted by Crippen LogP contribution is -1.93. The van der Waals surface area contributed by atoms with Crippen LogP contribution >= 0.6 is 0 Å². The van der Waals surface area contributed by atoms with Crippen LogP contribution in [0.5, 0.6) is 0 Å². The van der Waals surface area contributed by atoms with E-state index in [1.807, 2.05) is 0 Å². The van der Waals surface area contributed by atoms with Gasteiger partial charge >= 0.3 is 0 Å². The Balaban J connectivity index is 1.20. The van der Waals surface area contributed by atoms with Gasteiger partial charge in [-0.15, -0.1) is 0 Å². The minimum atomic E-state index is 0.996. The van der Waals surface area contributed by atoms with Gasteiger partial charge in [0.05, 0.1) is 0 Å². The fourth-order valence-corrected chi connectivity index (χ4v) is 7.42. The van der Waals surface area contributed by atoms with Crippen molar-refractivity contribution in [2.75, 3.05) is 0 Å². The molecule has 0 atom stereocenters. The van der Waals surface area contributed by atoms with E-state index in [0.717, 1.165) is 19.3 Å². The second-order valence-corrected chi connectivity index (χ2v) is 11.8. The first-order valence-corrected chi connectivity index (χ1v) is 14.8. The molecular weight excluding hydrogens is 492 g/mol. The van der Waals surface area contributed by atoms with Crippen LogP contribution in [0, 0.1) is 0 Å². The molecule has 0 unspecified atom stereocenters. The molecule has 2 aliphatic carbocycles. The van der Waals surface area contributed by atoms with Gasteiger partial charge in [-0.05, 0) is 110 Å². The van der Waals surface area contributed by atoms with Crippen molar-refractivity contribution in [1.82, 2.24) is 0 Å². The second kappa shape index (κ2) is 9.46. The van der Waals surface area contributed by atoms with Gasteiger partial charge in [0, 0.05) is 0 Å². The molecule has 0 bridgehead atoms. The number of allylic oxidation sites excluding steroid dienone is 4. The molecule has 0 N–H and O–H groups in total. The van der Waals surface area contributed by atoms with E-state index in [1.165, 1.54) is 88.3 Å². The second-order valence-electron chi connectivity index (χ2n) is 11.8. The van der Waals surface area contributed by atoms with Crippen LogP contribution in [-0.2, 0) is 12.8 Å². The number of hydrogen-bond donors (Lipinski definition) is 0. The molecule has 0 fully saturated rings. The van der Waals surface area contributed by atoms with Crippen LogP contribution in [0.1, 0.15) is 42.5 Å². The molecular formula is C41H32. The van der Waals surface area contributed by atoms with E-state index < -0.39 is 0 Å². The van der Waals surface area contributed by atoms with E-state index in [1.54, 1.807) is 0 Å². The van der Waals surface area contributed by atoms with E-state index in [2.05, 4.69) is 135 Å². The minimum absolute atomic E-state index is 0.996. The normalized spacial score (nSPS) is 14.3. The molecule has 0 radical (unpaired) electrons. The quantitative estimate of drug-likeness (QED) is 0.215. The van der Waals surface area contributed by atoms with E-state index in [4.69, 9.17) is 0 Å². The molecule has 2 aliphatic rings. The molecule has 0 aliphatic heterocycles. The van der Waals surface area contributed by atoms with Crippen molar-refractivity contribution in [2.45, 2.75) is 33.1 Å². The summed E-state index contributed by atoms with van der Waals surface area (Å²) in [4.78, 5) is 0. The maximum atomic E-state index is 2.36. The number of fused-ring (bicyclic) bond motifs is 4. The third-order valence-corrected chi connectivity index (χ3v) is 9.43. The SMILES string of the molecule is CC1=C(CC2=C(C)Cc3c2cccc3-c2cccc3ccccc23)c2cccc(-c3cccc4ccccc34)c2C1. The third kappa shape index (κ3) is 3.82. The fourth-order valence-electron chi connectivity index (χ4n) is 7.42. The molecule has 0 nitrogen and oxygen atoms in total. The lowest BCUT2D eigenvalue weighted by atomic mass is 9.89. The van der Waals surface area contributed by atoms with Crippen molar-refractivity contribution in [3.05, 3.63) is 155 Å². The highest BCUT2D eigenvalue weighted by Crippen LogP contribution is 2.48. The largest absolute Gasteiger partial charge is 0.0647 e. The molecule has 196 valence electrons. The highest BCUT2D eigenvalue weighted by molar-refractivity contribution is 6.01. The summed E-state index contributed by atoms with van der Waals surface area (Å²) < 4.78 is 0. The van der Waals surface area contributed by atoms with Crippen LogP contribution in [0.3, 0.4) is 0 Å². The summed E-state index contributed by atoms with van der Waals surface area (Å²) in [5, 5.41) is 5.27. The Morgan fingerprint density at radius 1 is 0.390 bits per heavy atom. The fraction of sp³-hybridized carbons (Fsp3) is 0.122. The monoisotopic (exact) mass is 524 g/mol. The smallest absolute Gasteiger partial charge is 0.00146 e. The Hall–Kier alpha value is -4.68. The van der Waals surface area contributed by atoms with Crippen LogP contribution in [0.2, 0.25) is 0 Å². The third-order valence-electron chi connectivity index (χ3n) is 9.43. The predicted octanol–water partition coefficient (Wildman–Crippen LogP) is 11.1. The predicted molar refractivity (Wildman–Crippen MR) is 176 cm³/mol. The molecule has 0 heterocycles. The van der Waals surface area contributed by atoms with Crippen LogP contribution in [0.15, 0.2) is 132 Å². The molecule has 6 aromatic rings. The van der Waals surface area contributed by atoms with E-state index in [0.29, 0.717) is 0 Å². The summed E-state index contributed by atoms with van der Waals surface area (Å²) in [7, 11) is 0. The summed E-state index contributed by atoms with van der Waals surface area (Å²) in [6, 6.07) is 44.8. The Labute approximate surface area is 242 Å². The van der Waals surface area contributed by atoms with Gasteiger partial charge in [-0.25, -0.2) is 0 Å². The summed E-state index contributed by atoms with van der Waals surface area (Å²) in [6.45, 7) is 4.70. The van der Waals surface area contributed by atoms with Crippen molar-refractivity contribution in [3.63, 3.8) is 0 Å². The van der Waals surface area contributed by atoms with E-state index >= 15 is 0 Å². The number of hydrogen-bond acceptors (Lipinski definition) is 0. The summed E-state index contributed by atoms with van der Waals surface area (Å²) in [6.07, 6.45) is 3.05. The standard InChI is InChI=1S/C41H32/c1-26-23-40-34(32-17-7-13-28-11-3-5-15-30(28)32)19-9-21-36(40)38(26)25-39-27(2)24-41-35(20-10-22-37(39)41)33-18-8-14-29-12-4-6-16-31(29)33/h3-22H,23-25H2,1-2H3. The lowest BCUT2D eigenvalue weighted by molar-refractivity contribution is 1.18. The molecule has 0 saturated carbocycles. The molecule has 8 rings (SSSR count). The molecule has 0 amide bonds. The van der Waals surface area contributed by atoms with Crippen molar-refractivity contribution in [2.24, 2.45) is 0 Å². The molecule has 41 heavy (non-hydrogen) atoms. The van der Waals surface area contributed by atoms with Crippen molar-refractivity contribution < 1.29 is 0 Å². The summed E-state index contributed by atoms with van der Waals surface area (Å²) >= 11 is 0. The van der Waals surface area contributed by atoms with Gasteiger partial charge in [-0.2, -0.15) is 0 Å². The topological polar surface area (TPSA) is 0 Å². The van der Waals surface area contributed by atoms with Crippen LogP contribution in [0.25, 0.3) is 54.9 Å². The first-order valence-electron chi connectivity index (χ1n) is 14.8. The van der Waals surface area contributed by atoms with Crippen LogP contribution < -0.4 is 0 Å². The van der Waals surface area contributed by atoms with Gasteiger partial charge in [0.25, 0.3) is 0 Å². The van der Waals surface area contributed by atoms with Gasteiger partial charge in [0.2, 0.25) is 0 Å². The van der Waals surface area contributed by atoms with Gasteiger partial charge in [-0.3, -0.25) is 0 Å². The van der Waals surface area contributed by atoms with E-state index in [9.17, 15) is 0 Å². The molecule has 0 saturated heterocycles. The van der Waals surface area contributed by atoms with Gasteiger partial charge in [0.1, 0.15) is 0 Å². The number of benzene rings is 6. The first-order chi connectivity index (χ1) is 20.2. The van der Waals surface area contributed by atoms with Crippen molar-refractivity contribution in [1.29, 1.82) is 0 Å². The van der Waals surface area contributed by atoms with Crippen molar-refractivity contribution >= 4 is 32.7 Å². The number of rotatable bonds is 4.